The third-order valence-electron chi connectivity index (χ3n) is 4.23. The van der Waals surface area contributed by atoms with Crippen molar-refractivity contribution in [2.24, 2.45) is 0 Å². The Morgan fingerprint density at radius 2 is 1.69 bits per heavy atom. The zero-order valence-electron chi connectivity index (χ0n) is 16.3. The van der Waals surface area contributed by atoms with Gasteiger partial charge in [0.15, 0.2) is 17.6 Å². The molecule has 0 aliphatic carbocycles. The van der Waals surface area contributed by atoms with Crippen LogP contribution in [0.25, 0.3) is 11.5 Å². The van der Waals surface area contributed by atoms with Crippen molar-refractivity contribution >= 4 is 23.3 Å². The number of esters is 1. The molecule has 1 atom stereocenters. The Kier molecular flexibility index (Phi) is 5.87. The van der Waals surface area contributed by atoms with E-state index in [1.807, 2.05) is 30.3 Å². The monoisotopic (exact) mass is 392 g/mol. The largest absolute Gasteiger partial charge is 0.448 e. The number of carbonyl (C=O) groups is 3. The zero-order chi connectivity index (χ0) is 21.0. The third kappa shape index (κ3) is 4.57. The summed E-state index contributed by atoms with van der Waals surface area (Å²) in [5, 5.41) is 2.61. The molecule has 3 aromatic rings. The van der Waals surface area contributed by atoms with Gasteiger partial charge in [-0.2, -0.15) is 0 Å². The van der Waals surface area contributed by atoms with E-state index in [4.69, 9.17) is 9.15 Å². The third-order valence-corrected chi connectivity index (χ3v) is 4.23. The lowest BCUT2D eigenvalue weighted by Gasteiger charge is -2.14. The van der Waals surface area contributed by atoms with Crippen LogP contribution >= 0.6 is 0 Å². The van der Waals surface area contributed by atoms with E-state index in [2.05, 4.69) is 10.3 Å². The van der Waals surface area contributed by atoms with Crippen LogP contribution < -0.4 is 5.32 Å². The normalized spacial score (nSPS) is 11.6. The topological polar surface area (TPSA) is 98.5 Å². The van der Waals surface area contributed by atoms with E-state index in [0.717, 1.165) is 5.56 Å². The van der Waals surface area contributed by atoms with Crippen LogP contribution in [0.3, 0.4) is 0 Å². The number of amides is 1. The van der Waals surface area contributed by atoms with Gasteiger partial charge in [0.2, 0.25) is 5.89 Å². The van der Waals surface area contributed by atoms with E-state index in [1.54, 1.807) is 31.2 Å². The van der Waals surface area contributed by atoms with Crippen LogP contribution in [0.1, 0.15) is 40.5 Å². The Hall–Kier alpha value is -3.74. The van der Waals surface area contributed by atoms with E-state index in [0.29, 0.717) is 22.9 Å². The summed E-state index contributed by atoms with van der Waals surface area (Å²) in [4.78, 5) is 40.8. The highest BCUT2D eigenvalue weighted by molar-refractivity contribution is 6.05. The molecule has 1 amide bonds. The van der Waals surface area contributed by atoms with E-state index >= 15 is 0 Å². The van der Waals surface area contributed by atoms with Gasteiger partial charge in [-0.05, 0) is 45.0 Å². The first-order chi connectivity index (χ1) is 13.9. The summed E-state index contributed by atoms with van der Waals surface area (Å²) >= 11 is 0. The summed E-state index contributed by atoms with van der Waals surface area (Å²) in [5.41, 5.74) is 1.46. The van der Waals surface area contributed by atoms with E-state index < -0.39 is 18.0 Å². The molecule has 0 unspecified atom stereocenters. The zero-order valence-corrected chi connectivity index (χ0v) is 16.3. The number of ether oxygens (including phenoxy) is 1. The Balaban J connectivity index is 1.70. The lowest BCUT2D eigenvalue weighted by molar-refractivity contribution is -0.123. The standard InChI is InChI=1S/C22H20N2O5/c1-13(25)17-11-7-8-12-18(17)23-20(26)15(3)29-22(27)19-14(2)28-21(24-19)16-9-5-4-6-10-16/h4-12,15H,1-3H3,(H,23,26)/t15-/m1/s1. The lowest BCUT2D eigenvalue weighted by Crippen LogP contribution is -2.30. The number of hydrogen-bond acceptors (Lipinski definition) is 6. The Bertz CT molecular complexity index is 1060. The molecule has 1 heterocycles. The summed E-state index contributed by atoms with van der Waals surface area (Å²) in [6.07, 6.45) is -1.10. The first-order valence-corrected chi connectivity index (χ1v) is 9.01. The molecule has 3 rings (SSSR count). The number of oxazole rings is 1. The van der Waals surface area contributed by atoms with Crippen LogP contribution in [0, 0.1) is 6.92 Å². The molecular weight excluding hydrogens is 372 g/mol. The number of benzene rings is 2. The minimum Gasteiger partial charge on any atom is -0.448 e. The number of hydrogen-bond donors (Lipinski definition) is 1. The molecule has 1 aromatic heterocycles. The number of aromatic nitrogens is 1. The minimum atomic E-state index is -1.10. The smallest absolute Gasteiger partial charge is 0.361 e. The molecule has 0 bridgehead atoms. The minimum absolute atomic E-state index is 0.00707. The number of nitrogens with zero attached hydrogens (tertiary/aromatic N) is 1. The number of ketones is 1. The van der Waals surface area contributed by atoms with Crippen molar-refractivity contribution in [1.82, 2.24) is 4.98 Å². The molecule has 0 spiro atoms. The highest BCUT2D eigenvalue weighted by Crippen LogP contribution is 2.22. The maximum absolute atomic E-state index is 12.5. The van der Waals surface area contributed by atoms with Crippen molar-refractivity contribution in [3.05, 3.63) is 71.6 Å². The fourth-order valence-corrected chi connectivity index (χ4v) is 2.69. The molecule has 1 N–H and O–H groups in total. The van der Waals surface area contributed by atoms with Crippen molar-refractivity contribution < 1.29 is 23.5 Å². The molecule has 0 saturated carbocycles. The molecule has 148 valence electrons. The van der Waals surface area contributed by atoms with Crippen LogP contribution in [0.4, 0.5) is 5.69 Å². The van der Waals surface area contributed by atoms with Gasteiger partial charge in [0.25, 0.3) is 5.91 Å². The molecule has 0 radical (unpaired) electrons. The average molecular weight is 392 g/mol. The molecular formula is C22H20N2O5. The highest BCUT2D eigenvalue weighted by Gasteiger charge is 2.25. The van der Waals surface area contributed by atoms with Crippen LogP contribution in [0.2, 0.25) is 0 Å². The van der Waals surface area contributed by atoms with Crippen LogP contribution in [-0.4, -0.2) is 28.7 Å². The number of para-hydroxylation sites is 1. The molecule has 7 heteroatoms. The Labute approximate surface area is 167 Å². The second kappa shape index (κ2) is 8.52. The SMILES string of the molecule is CC(=O)c1ccccc1NC(=O)[C@@H](C)OC(=O)c1nc(-c2ccccc2)oc1C. The van der Waals surface area contributed by atoms with Gasteiger partial charge in [-0.1, -0.05) is 30.3 Å². The molecule has 29 heavy (non-hydrogen) atoms. The van der Waals surface area contributed by atoms with Gasteiger partial charge in [-0.15, -0.1) is 0 Å². The van der Waals surface area contributed by atoms with Gasteiger partial charge >= 0.3 is 5.97 Å². The summed E-state index contributed by atoms with van der Waals surface area (Å²) in [6.45, 7) is 4.45. The molecule has 0 aliphatic heterocycles. The fraction of sp³-hybridized carbons (Fsp3) is 0.182. The fourth-order valence-electron chi connectivity index (χ4n) is 2.69. The number of aryl methyl sites for hydroxylation is 1. The predicted molar refractivity (Wildman–Crippen MR) is 107 cm³/mol. The molecule has 0 fully saturated rings. The maximum atomic E-state index is 12.5. The summed E-state index contributed by atoms with van der Waals surface area (Å²) in [7, 11) is 0. The number of nitrogens with one attached hydrogen (secondary N) is 1. The predicted octanol–water partition coefficient (Wildman–Crippen LogP) is 4.04. The van der Waals surface area contributed by atoms with Crippen LogP contribution in [0.15, 0.2) is 59.0 Å². The van der Waals surface area contributed by atoms with E-state index in [1.165, 1.54) is 13.8 Å². The van der Waals surface area contributed by atoms with Gasteiger partial charge in [0, 0.05) is 11.1 Å². The van der Waals surface area contributed by atoms with Crippen molar-refractivity contribution in [2.75, 3.05) is 5.32 Å². The quantitative estimate of drug-likeness (QED) is 0.502. The molecule has 0 saturated heterocycles. The molecule has 2 aromatic carbocycles. The lowest BCUT2D eigenvalue weighted by atomic mass is 10.1. The second-order valence-electron chi connectivity index (χ2n) is 6.43. The van der Waals surface area contributed by atoms with Gasteiger partial charge in [0.1, 0.15) is 5.76 Å². The van der Waals surface area contributed by atoms with Crippen LogP contribution in [0.5, 0.6) is 0 Å². The van der Waals surface area contributed by atoms with E-state index in [9.17, 15) is 14.4 Å². The molecule has 0 aliphatic rings. The van der Waals surface area contributed by atoms with Gasteiger partial charge in [-0.3, -0.25) is 9.59 Å². The van der Waals surface area contributed by atoms with Crippen molar-refractivity contribution in [1.29, 1.82) is 0 Å². The highest BCUT2D eigenvalue weighted by atomic mass is 16.5. The van der Waals surface area contributed by atoms with Crippen molar-refractivity contribution in [3.63, 3.8) is 0 Å². The summed E-state index contributed by atoms with van der Waals surface area (Å²) in [5.74, 6) is -0.921. The maximum Gasteiger partial charge on any atom is 0.361 e. The first kappa shape index (κ1) is 20.0. The first-order valence-electron chi connectivity index (χ1n) is 9.01. The Morgan fingerprint density at radius 3 is 2.38 bits per heavy atom. The van der Waals surface area contributed by atoms with Crippen LogP contribution in [-0.2, 0) is 9.53 Å². The summed E-state index contributed by atoms with van der Waals surface area (Å²) < 4.78 is 10.8. The van der Waals surface area contributed by atoms with Gasteiger partial charge in [0.05, 0.1) is 5.69 Å². The summed E-state index contributed by atoms with van der Waals surface area (Å²) in [6, 6.07) is 15.8. The van der Waals surface area contributed by atoms with E-state index in [-0.39, 0.29) is 11.5 Å². The number of rotatable bonds is 6. The van der Waals surface area contributed by atoms with Gasteiger partial charge < -0.3 is 14.5 Å². The number of anilines is 1. The second-order valence-corrected chi connectivity index (χ2v) is 6.43. The number of carbonyl (C=O) groups excluding carboxylic acids is 3. The molecule has 7 nitrogen and oxygen atoms in total. The Morgan fingerprint density at radius 1 is 1.03 bits per heavy atom. The van der Waals surface area contributed by atoms with Gasteiger partial charge in [-0.25, -0.2) is 9.78 Å². The number of Topliss-reactive ketones (excluding diaryl/α,β-unsaturated/α-hetero) is 1. The average Bonchev–Trinajstić information content (AvgIpc) is 3.10. The van der Waals surface area contributed by atoms with Crippen molar-refractivity contribution in [2.45, 2.75) is 26.9 Å². The van der Waals surface area contributed by atoms with Crippen molar-refractivity contribution in [3.8, 4) is 11.5 Å².